The first-order valence-electron chi connectivity index (χ1n) is 10.1. The predicted molar refractivity (Wildman–Crippen MR) is 114 cm³/mol. The number of rotatable bonds is 5. The van der Waals surface area contributed by atoms with Crippen LogP contribution in [0.2, 0.25) is 0 Å². The molecule has 2 unspecified atom stereocenters. The van der Waals surface area contributed by atoms with Crippen LogP contribution in [-0.2, 0) is 22.3 Å². The highest BCUT2D eigenvalue weighted by Crippen LogP contribution is 2.41. The smallest absolute Gasteiger partial charge is 0.0850 e. The number of benzene rings is 4. The van der Waals surface area contributed by atoms with Gasteiger partial charge in [0.2, 0.25) is 0 Å². The van der Waals surface area contributed by atoms with Crippen LogP contribution in [0.3, 0.4) is 0 Å². The van der Waals surface area contributed by atoms with Gasteiger partial charge in [-0.15, -0.1) is 0 Å². The summed E-state index contributed by atoms with van der Waals surface area (Å²) in [7, 11) is 0. The summed E-state index contributed by atoms with van der Waals surface area (Å²) in [6.45, 7) is 1.76. The summed E-state index contributed by atoms with van der Waals surface area (Å²) in [6.07, 6.45) is 2.68. The molecule has 4 aromatic rings. The van der Waals surface area contributed by atoms with Crippen molar-refractivity contribution in [2.24, 2.45) is 0 Å². The van der Waals surface area contributed by atoms with Crippen LogP contribution >= 0.6 is 0 Å². The van der Waals surface area contributed by atoms with E-state index in [0.717, 1.165) is 26.1 Å². The van der Waals surface area contributed by atoms with Crippen LogP contribution in [0.5, 0.6) is 0 Å². The third kappa shape index (κ3) is 2.90. The summed E-state index contributed by atoms with van der Waals surface area (Å²) in [5.41, 5.74) is 5.52. The first-order valence-corrected chi connectivity index (χ1v) is 10.1. The Kier molecular flexibility index (Phi) is 3.75. The van der Waals surface area contributed by atoms with Crippen LogP contribution in [0.4, 0.5) is 0 Å². The number of epoxide rings is 2. The maximum absolute atomic E-state index is 5.59. The summed E-state index contributed by atoms with van der Waals surface area (Å²) >= 11 is 0. The van der Waals surface area contributed by atoms with Gasteiger partial charge >= 0.3 is 0 Å². The fourth-order valence-electron chi connectivity index (χ4n) is 4.43. The number of hydrogen-bond donors (Lipinski definition) is 0. The van der Waals surface area contributed by atoms with Gasteiger partial charge < -0.3 is 9.47 Å². The molecule has 0 aliphatic carbocycles. The largest absolute Gasteiger partial charge is 0.373 e. The van der Waals surface area contributed by atoms with Gasteiger partial charge in [-0.25, -0.2) is 0 Å². The van der Waals surface area contributed by atoms with Gasteiger partial charge in [-0.1, -0.05) is 72.8 Å². The van der Waals surface area contributed by atoms with Crippen molar-refractivity contribution in [3.63, 3.8) is 0 Å². The Labute approximate surface area is 164 Å². The average Bonchev–Trinajstić information content (AvgIpc) is 3.65. The zero-order chi connectivity index (χ0) is 18.5. The molecule has 0 aromatic heterocycles. The van der Waals surface area contributed by atoms with Crippen LogP contribution in [0.25, 0.3) is 32.7 Å². The van der Waals surface area contributed by atoms with Crippen molar-refractivity contribution < 1.29 is 9.47 Å². The van der Waals surface area contributed by atoms with Crippen molar-refractivity contribution in [3.8, 4) is 11.1 Å². The van der Waals surface area contributed by atoms with Gasteiger partial charge in [-0.05, 0) is 43.8 Å². The summed E-state index contributed by atoms with van der Waals surface area (Å²) in [5, 5.41) is 5.24. The number of fused-ring (bicyclic) bond motifs is 2. The standard InChI is InChI=1S/C26H22O2/c1-3-7-23-17(5-1)9-11-19(13-21-15-27-21)25(23)26-20(14-22-16-28-22)12-10-18-6-2-4-8-24(18)26/h1-12,21-22H,13-16H2. The lowest BCUT2D eigenvalue weighted by molar-refractivity contribution is 0.407. The van der Waals surface area contributed by atoms with Gasteiger partial charge in [0.15, 0.2) is 0 Å². The third-order valence-corrected chi connectivity index (χ3v) is 5.98. The molecule has 0 amide bonds. The number of hydrogen-bond acceptors (Lipinski definition) is 2. The van der Waals surface area contributed by atoms with E-state index in [1.54, 1.807) is 0 Å². The predicted octanol–water partition coefficient (Wildman–Crippen LogP) is 5.54. The molecule has 2 heteroatoms. The lowest BCUT2D eigenvalue weighted by atomic mass is 9.85. The van der Waals surface area contributed by atoms with E-state index in [9.17, 15) is 0 Å². The second-order valence-corrected chi connectivity index (χ2v) is 7.96. The van der Waals surface area contributed by atoms with Crippen molar-refractivity contribution in [2.75, 3.05) is 13.2 Å². The van der Waals surface area contributed by atoms with Crippen LogP contribution in [0.1, 0.15) is 11.1 Å². The van der Waals surface area contributed by atoms with Gasteiger partial charge in [0.05, 0.1) is 25.4 Å². The average molecular weight is 366 g/mol. The second kappa shape index (κ2) is 6.44. The Morgan fingerprint density at radius 1 is 0.571 bits per heavy atom. The van der Waals surface area contributed by atoms with Crippen molar-refractivity contribution in [1.82, 2.24) is 0 Å². The molecular formula is C26H22O2. The zero-order valence-corrected chi connectivity index (χ0v) is 15.7. The van der Waals surface area contributed by atoms with Gasteiger partial charge in [0.1, 0.15) is 0 Å². The monoisotopic (exact) mass is 366 g/mol. The second-order valence-electron chi connectivity index (χ2n) is 7.96. The molecule has 0 radical (unpaired) electrons. The molecule has 2 saturated heterocycles. The van der Waals surface area contributed by atoms with E-state index < -0.39 is 0 Å². The van der Waals surface area contributed by atoms with E-state index in [4.69, 9.17) is 9.47 Å². The quantitative estimate of drug-likeness (QED) is 0.433. The Morgan fingerprint density at radius 3 is 1.43 bits per heavy atom. The SMILES string of the molecule is c1ccc2c(-c3c(CC4CO4)ccc4ccccc34)c(CC3CO3)ccc2c1. The van der Waals surface area contributed by atoms with Gasteiger partial charge in [0, 0.05) is 12.8 Å². The van der Waals surface area contributed by atoms with E-state index in [0.29, 0.717) is 12.2 Å². The third-order valence-electron chi connectivity index (χ3n) is 5.98. The van der Waals surface area contributed by atoms with Crippen molar-refractivity contribution in [2.45, 2.75) is 25.0 Å². The Hall–Kier alpha value is -2.68. The maximum Gasteiger partial charge on any atom is 0.0850 e. The molecule has 2 aliphatic heterocycles. The van der Waals surface area contributed by atoms with E-state index in [1.165, 1.54) is 43.8 Å². The van der Waals surface area contributed by atoms with E-state index in [1.807, 2.05) is 0 Å². The van der Waals surface area contributed by atoms with E-state index in [2.05, 4.69) is 72.8 Å². The molecule has 2 heterocycles. The highest BCUT2D eigenvalue weighted by atomic mass is 16.6. The lowest BCUT2D eigenvalue weighted by Gasteiger charge is -2.19. The topological polar surface area (TPSA) is 25.1 Å². The molecule has 2 fully saturated rings. The van der Waals surface area contributed by atoms with Crippen molar-refractivity contribution in [1.29, 1.82) is 0 Å². The van der Waals surface area contributed by atoms with Crippen molar-refractivity contribution in [3.05, 3.63) is 83.9 Å². The fourth-order valence-corrected chi connectivity index (χ4v) is 4.43. The summed E-state index contributed by atoms with van der Waals surface area (Å²) in [6, 6.07) is 26.6. The molecule has 0 spiro atoms. The molecule has 2 aliphatic rings. The first-order chi connectivity index (χ1) is 13.9. The summed E-state index contributed by atoms with van der Waals surface area (Å²) in [5.74, 6) is 0. The van der Waals surface area contributed by atoms with Crippen LogP contribution in [0.15, 0.2) is 72.8 Å². The number of ether oxygens (including phenoxy) is 2. The van der Waals surface area contributed by atoms with Gasteiger partial charge in [-0.2, -0.15) is 0 Å². The normalized spacial score (nSPS) is 20.6. The van der Waals surface area contributed by atoms with Crippen LogP contribution < -0.4 is 0 Å². The highest BCUT2D eigenvalue weighted by Gasteiger charge is 2.28. The van der Waals surface area contributed by atoms with E-state index >= 15 is 0 Å². The fraction of sp³-hybridized carbons (Fsp3) is 0.231. The minimum atomic E-state index is 0.366. The molecule has 6 rings (SSSR count). The van der Waals surface area contributed by atoms with Crippen LogP contribution in [-0.4, -0.2) is 25.4 Å². The van der Waals surface area contributed by atoms with Gasteiger partial charge in [0.25, 0.3) is 0 Å². The molecule has 28 heavy (non-hydrogen) atoms. The Bertz CT molecular complexity index is 1090. The highest BCUT2D eigenvalue weighted by molar-refractivity contribution is 6.07. The maximum atomic E-state index is 5.59. The Morgan fingerprint density at radius 2 is 1.00 bits per heavy atom. The minimum Gasteiger partial charge on any atom is -0.373 e. The molecular weight excluding hydrogens is 344 g/mol. The molecule has 2 atom stereocenters. The van der Waals surface area contributed by atoms with Crippen LogP contribution in [0, 0.1) is 0 Å². The molecule has 0 N–H and O–H groups in total. The molecule has 138 valence electrons. The van der Waals surface area contributed by atoms with E-state index in [-0.39, 0.29) is 0 Å². The minimum absolute atomic E-state index is 0.366. The molecule has 4 aromatic carbocycles. The molecule has 0 saturated carbocycles. The molecule has 2 nitrogen and oxygen atoms in total. The van der Waals surface area contributed by atoms with Gasteiger partial charge in [-0.3, -0.25) is 0 Å². The lowest BCUT2D eigenvalue weighted by Crippen LogP contribution is -2.02. The zero-order valence-electron chi connectivity index (χ0n) is 15.7. The first kappa shape index (κ1) is 16.3. The molecule has 0 bridgehead atoms. The van der Waals surface area contributed by atoms with Crippen molar-refractivity contribution >= 4 is 21.5 Å². The summed E-state index contributed by atoms with van der Waals surface area (Å²) < 4.78 is 11.2. The summed E-state index contributed by atoms with van der Waals surface area (Å²) in [4.78, 5) is 0. The Balaban J connectivity index is 1.69.